The zero-order valence-corrected chi connectivity index (χ0v) is 12.3. The molecular weight excluding hydrogens is 322 g/mol. The second-order valence-electron chi connectivity index (χ2n) is 4.29. The lowest BCUT2D eigenvalue weighted by Gasteiger charge is -2.22. The van der Waals surface area contributed by atoms with Crippen LogP contribution in [0.3, 0.4) is 0 Å². The van der Waals surface area contributed by atoms with Crippen molar-refractivity contribution in [2.75, 3.05) is 12.0 Å². The van der Waals surface area contributed by atoms with E-state index in [2.05, 4.69) is 15.5 Å². The normalized spacial score (nSPS) is 19.1. The van der Waals surface area contributed by atoms with Gasteiger partial charge in [-0.25, -0.2) is 14.3 Å². The number of nitrogens with zero attached hydrogens (tertiary/aromatic N) is 1. The molecule has 1 aliphatic heterocycles. The largest absolute Gasteiger partial charge is 0.355 e. The average molecular weight is 335 g/mol. The molecule has 2 heterocycles. The zero-order valence-electron chi connectivity index (χ0n) is 10.7. The van der Waals surface area contributed by atoms with E-state index < -0.39 is 32.6 Å². The first kappa shape index (κ1) is 15.6. The van der Waals surface area contributed by atoms with Gasteiger partial charge in [0, 0.05) is 12.6 Å². The highest BCUT2D eigenvalue weighted by Crippen LogP contribution is 2.36. The van der Waals surface area contributed by atoms with Crippen molar-refractivity contribution >= 4 is 38.0 Å². The summed E-state index contributed by atoms with van der Waals surface area (Å²) in [5, 5.41) is 13.3. The highest BCUT2D eigenvalue weighted by molar-refractivity contribution is 7.91. The van der Waals surface area contributed by atoms with E-state index in [1.807, 2.05) is 0 Å². The molecule has 1 atom stereocenters. The number of sulfonamides is 1. The molecule has 0 aliphatic carbocycles. The number of hydrogen-bond donors (Lipinski definition) is 4. The molecule has 2 rings (SSSR count). The van der Waals surface area contributed by atoms with E-state index in [0.717, 1.165) is 6.07 Å². The smallest absolute Gasteiger partial charge is 0.306 e. The van der Waals surface area contributed by atoms with Gasteiger partial charge in [0.15, 0.2) is 5.00 Å². The number of piperidine rings is 1. The van der Waals surface area contributed by atoms with E-state index in [0.29, 0.717) is 30.7 Å². The first-order valence-electron chi connectivity index (χ1n) is 5.90. The predicted octanol–water partition coefficient (Wildman–Crippen LogP) is -0.501. The van der Waals surface area contributed by atoms with Crippen LogP contribution in [-0.4, -0.2) is 31.8 Å². The molecule has 1 aromatic heterocycles. The van der Waals surface area contributed by atoms with E-state index in [1.165, 1.54) is 0 Å². The Morgan fingerprint density at radius 3 is 2.76 bits per heavy atom. The quantitative estimate of drug-likeness (QED) is 0.321. The number of amides is 1. The lowest BCUT2D eigenvalue weighted by atomic mass is 10.1. The van der Waals surface area contributed by atoms with Crippen LogP contribution in [0.1, 0.15) is 12.8 Å². The van der Waals surface area contributed by atoms with Gasteiger partial charge in [-0.3, -0.25) is 14.9 Å². The van der Waals surface area contributed by atoms with Crippen LogP contribution in [0.25, 0.3) is 0 Å². The number of nitrogen functional groups attached to an aromatic ring is 1. The number of carbonyl (C=O) groups excluding carboxylic acids is 1. The van der Waals surface area contributed by atoms with Crippen LogP contribution in [-0.2, 0) is 14.8 Å². The fourth-order valence-electron chi connectivity index (χ4n) is 1.86. The molecule has 0 bridgehead atoms. The molecule has 0 spiro atoms. The highest BCUT2D eigenvalue weighted by atomic mass is 32.2. The summed E-state index contributed by atoms with van der Waals surface area (Å²) >= 11 is 0.625. The maximum atomic E-state index is 12.2. The number of nitrogens with one attached hydrogen (secondary N) is 3. The van der Waals surface area contributed by atoms with Gasteiger partial charge in [0.1, 0.15) is 10.3 Å². The number of carbonyl (C=O) groups is 1. The summed E-state index contributed by atoms with van der Waals surface area (Å²) in [5.41, 5.74) is 1.65. The van der Waals surface area contributed by atoms with Crippen molar-refractivity contribution in [3.05, 3.63) is 16.2 Å². The van der Waals surface area contributed by atoms with Gasteiger partial charge >= 0.3 is 5.69 Å². The molecular formula is C9H13N5O5S2. The molecule has 10 nitrogen and oxygen atoms in total. The van der Waals surface area contributed by atoms with Crippen LogP contribution < -0.4 is 21.3 Å². The molecule has 0 radical (unpaired) electrons. The van der Waals surface area contributed by atoms with Crippen molar-refractivity contribution in [1.82, 2.24) is 10.0 Å². The third-order valence-electron chi connectivity index (χ3n) is 2.87. The Morgan fingerprint density at radius 2 is 2.24 bits per heavy atom. The van der Waals surface area contributed by atoms with Crippen LogP contribution in [0.5, 0.6) is 0 Å². The van der Waals surface area contributed by atoms with Crippen molar-refractivity contribution in [3.8, 4) is 0 Å². The highest BCUT2D eigenvalue weighted by Gasteiger charge is 2.31. The lowest BCUT2D eigenvalue weighted by molar-refractivity contribution is -0.383. The summed E-state index contributed by atoms with van der Waals surface area (Å²) in [4.78, 5) is 21.6. The fourth-order valence-corrected chi connectivity index (χ4v) is 4.35. The number of hydrogen-bond acceptors (Lipinski definition) is 8. The number of anilines is 1. The summed E-state index contributed by atoms with van der Waals surface area (Å²) in [5.74, 6) is 4.72. The van der Waals surface area contributed by atoms with Gasteiger partial charge in [-0.1, -0.05) is 11.3 Å². The first-order valence-corrected chi connectivity index (χ1v) is 8.20. The molecule has 1 saturated heterocycles. The topological polar surface area (TPSA) is 156 Å². The summed E-state index contributed by atoms with van der Waals surface area (Å²) < 4.78 is 26.3. The second kappa shape index (κ2) is 5.93. The molecule has 1 aromatic rings. The molecule has 0 aromatic carbocycles. The lowest BCUT2D eigenvalue weighted by Crippen LogP contribution is -2.49. The number of nitro groups is 1. The van der Waals surface area contributed by atoms with E-state index in [1.54, 1.807) is 0 Å². The van der Waals surface area contributed by atoms with Gasteiger partial charge in [0.05, 0.1) is 4.92 Å². The summed E-state index contributed by atoms with van der Waals surface area (Å²) in [6.07, 6.45) is 1.03. The van der Waals surface area contributed by atoms with Crippen molar-refractivity contribution in [3.63, 3.8) is 0 Å². The SMILES string of the molecule is NNc1sc(S(=O)(=O)NC2CCCNC2=O)cc1[N+](=O)[O-]. The Hall–Kier alpha value is -1.76. The van der Waals surface area contributed by atoms with Crippen LogP contribution >= 0.6 is 11.3 Å². The van der Waals surface area contributed by atoms with Gasteiger partial charge < -0.3 is 10.7 Å². The van der Waals surface area contributed by atoms with Gasteiger partial charge in [0.25, 0.3) is 10.0 Å². The van der Waals surface area contributed by atoms with Crippen molar-refractivity contribution in [2.24, 2.45) is 5.84 Å². The Bertz CT molecular complexity index is 670. The van der Waals surface area contributed by atoms with E-state index in [-0.39, 0.29) is 9.21 Å². The Labute approximate surface area is 123 Å². The minimum Gasteiger partial charge on any atom is -0.355 e. The van der Waals surface area contributed by atoms with E-state index in [4.69, 9.17) is 5.84 Å². The standard InChI is InChI=1S/C9H13N5O5S2/c10-12-9-6(14(16)17)4-7(20-9)21(18,19)13-5-2-1-3-11-8(5)15/h4-5,12-13H,1-3,10H2,(H,11,15). The Kier molecular flexibility index (Phi) is 4.41. The Morgan fingerprint density at radius 1 is 1.52 bits per heavy atom. The number of hydrazine groups is 1. The molecule has 0 saturated carbocycles. The van der Waals surface area contributed by atoms with E-state index in [9.17, 15) is 23.3 Å². The van der Waals surface area contributed by atoms with Crippen LogP contribution in [0, 0.1) is 10.1 Å². The predicted molar refractivity (Wildman–Crippen MR) is 75.1 cm³/mol. The molecule has 5 N–H and O–H groups in total. The first-order chi connectivity index (χ1) is 9.85. The van der Waals surface area contributed by atoms with Crippen LogP contribution in [0.15, 0.2) is 10.3 Å². The monoisotopic (exact) mass is 335 g/mol. The molecule has 1 aliphatic rings. The van der Waals surface area contributed by atoms with Gasteiger partial charge in [0.2, 0.25) is 5.91 Å². The number of thiophene rings is 1. The van der Waals surface area contributed by atoms with Gasteiger partial charge in [-0.05, 0) is 12.8 Å². The zero-order chi connectivity index (χ0) is 15.6. The minimum absolute atomic E-state index is 0.0755. The van der Waals surface area contributed by atoms with Gasteiger partial charge in [-0.2, -0.15) is 4.72 Å². The molecule has 1 fully saturated rings. The number of rotatable bonds is 5. The van der Waals surface area contributed by atoms with Crippen molar-refractivity contribution < 1.29 is 18.1 Å². The molecule has 1 unspecified atom stereocenters. The third-order valence-corrected chi connectivity index (χ3v) is 5.87. The summed E-state index contributed by atoms with van der Waals surface area (Å²) in [6.45, 7) is 0.503. The summed E-state index contributed by atoms with van der Waals surface area (Å²) in [6, 6.07) is 0.0299. The van der Waals surface area contributed by atoms with Crippen LogP contribution in [0.2, 0.25) is 0 Å². The molecule has 1 amide bonds. The third kappa shape index (κ3) is 3.29. The second-order valence-corrected chi connectivity index (χ2v) is 7.28. The Balaban J connectivity index is 2.27. The maximum absolute atomic E-state index is 12.2. The molecule has 116 valence electrons. The average Bonchev–Trinajstić information content (AvgIpc) is 2.86. The van der Waals surface area contributed by atoms with Crippen LogP contribution in [0.4, 0.5) is 10.7 Å². The van der Waals surface area contributed by atoms with Crippen molar-refractivity contribution in [2.45, 2.75) is 23.1 Å². The van der Waals surface area contributed by atoms with Crippen molar-refractivity contribution in [1.29, 1.82) is 0 Å². The minimum atomic E-state index is -4.03. The van der Waals surface area contributed by atoms with E-state index >= 15 is 0 Å². The van der Waals surface area contributed by atoms with Gasteiger partial charge in [-0.15, -0.1) is 0 Å². The molecule has 12 heteroatoms. The summed E-state index contributed by atoms with van der Waals surface area (Å²) in [7, 11) is -4.03. The number of nitrogens with two attached hydrogens (primary N) is 1. The fraction of sp³-hybridized carbons (Fsp3) is 0.444. The molecule has 21 heavy (non-hydrogen) atoms. The maximum Gasteiger partial charge on any atom is 0.306 e.